The van der Waals surface area contributed by atoms with Gasteiger partial charge in [-0.25, -0.2) is 0 Å². The van der Waals surface area contributed by atoms with E-state index in [1.54, 1.807) is 22.4 Å². The number of benzene rings is 1. The molecule has 0 aliphatic carbocycles. The molecule has 6 heteroatoms. The zero-order chi connectivity index (χ0) is 12.3. The lowest BCUT2D eigenvalue weighted by atomic mass is 10.2. The number of nitrogens with two attached hydrogens (primary N) is 1. The SMILES string of the molecule is Cn1c(N)nnc1SCc1cccc(C#N)c1. The van der Waals surface area contributed by atoms with Crippen molar-refractivity contribution in [3.05, 3.63) is 35.4 Å². The largest absolute Gasteiger partial charge is 0.368 e. The van der Waals surface area contributed by atoms with Gasteiger partial charge in [0.2, 0.25) is 5.95 Å². The maximum atomic E-state index is 8.79. The van der Waals surface area contributed by atoms with Gasteiger partial charge in [-0.15, -0.1) is 10.2 Å². The Kier molecular flexibility index (Phi) is 3.30. The fraction of sp³-hybridized carbons (Fsp3) is 0.182. The minimum Gasteiger partial charge on any atom is -0.368 e. The van der Waals surface area contributed by atoms with Crippen molar-refractivity contribution >= 4 is 17.7 Å². The van der Waals surface area contributed by atoms with Gasteiger partial charge in [-0.2, -0.15) is 5.26 Å². The summed E-state index contributed by atoms with van der Waals surface area (Å²) in [5.74, 6) is 1.14. The van der Waals surface area contributed by atoms with E-state index in [0.29, 0.717) is 11.5 Å². The van der Waals surface area contributed by atoms with Gasteiger partial charge in [0, 0.05) is 12.8 Å². The van der Waals surface area contributed by atoms with Crippen LogP contribution in [-0.2, 0) is 12.8 Å². The number of nitrogens with zero attached hydrogens (tertiary/aromatic N) is 4. The molecule has 1 aromatic heterocycles. The van der Waals surface area contributed by atoms with Crippen LogP contribution in [-0.4, -0.2) is 14.8 Å². The molecule has 0 unspecified atom stereocenters. The Morgan fingerprint density at radius 3 is 2.94 bits per heavy atom. The molecule has 0 fully saturated rings. The van der Waals surface area contributed by atoms with Crippen LogP contribution in [0.25, 0.3) is 0 Å². The number of aromatic nitrogens is 3. The van der Waals surface area contributed by atoms with Crippen molar-refractivity contribution in [3.63, 3.8) is 0 Å². The molecule has 0 spiro atoms. The summed E-state index contributed by atoms with van der Waals surface area (Å²) in [6, 6.07) is 9.63. The average Bonchev–Trinajstić information content (AvgIpc) is 2.68. The van der Waals surface area contributed by atoms with Crippen molar-refractivity contribution in [1.82, 2.24) is 14.8 Å². The normalized spacial score (nSPS) is 10.1. The molecule has 0 saturated carbocycles. The summed E-state index contributed by atoms with van der Waals surface area (Å²) in [5, 5.41) is 17.3. The van der Waals surface area contributed by atoms with E-state index in [1.165, 1.54) is 0 Å². The molecule has 86 valence electrons. The van der Waals surface area contributed by atoms with Gasteiger partial charge in [0.1, 0.15) is 0 Å². The van der Waals surface area contributed by atoms with Crippen molar-refractivity contribution in [1.29, 1.82) is 5.26 Å². The number of hydrogen-bond acceptors (Lipinski definition) is 5. The van der Waals surface area contributed by atoms with Crippen LogP contribution in [0.2, 0.25) is 0 Å². The fourth-order valence-electron chi connectivity index (χ4n) is 1.33. The number of nitriles is 1. The standard InChI is InChI=1S/C11H11N5S/c1-16-10(13)14-15-11(16)17-7-9-4-2-3-8(5-9)6-12/h2-5H,7H2,1H3,(H2,13,14). The van der Waals surface area contributed by atoms with Gasteiger partial charge in [-0.3, -0.25) is 4.57 Å². The topological polar surface area (TPSA) is 80.5 Å². The average molecular weight is 245 g/mol. The highest BCUT2D eigenvalue weighted by atomic mass is 32.2. The summed E-state index contributed by atoms with van der Waals surface area (Å²) < 4.78 is 1.73. The van der Waals surface area contributed by atoms with E-state index in [0.717, 1.165) is 16.5 Å². The third-order valence-electron chi connectivity index (χ3n) is 2.29. The zero-order valence-electron chi connectivity index (χ0n) is 9.29. The molecule has 1 heterocycles. The third-order valence-corrected chi connectivity index (χ3v) is 3.38. The molecule has 0 atom stereocenters. The first kappa shape index (κ1) is 11.5. The fourth-order valence-corrected chi connectivity index (χ4v) is 2.19. The number of anilines is 1. The molecular formula is C11H11N5S. The Hall–Kier alpha value is -2.00. The van der Waals surface area contributed by atoms with E-state index in [1.807, 2.05) is 25.2 Å². The predicted molar refractivity (Wildman–Crippen MR) is 66.1 cm³/mol. The van der Waals surface area contributed by atoms with Crippen LogP contribution in [0.4, 0.5) is 5.95 Å². The van der Waals surface area contributed by atoms with Gasteiger partial charge >= 0.3 is 0 Å². The maximum absolute atomic E-state index is 8.79. The van der Waals surface area contributed by atoms with Gasteiger partial charge in [-0.1, -0.05) is 23.9 Å². The molecular weight excluding hydrogens is 234 g/mol. The summed E-state index contributed by atoms with van der Waals surface area (Å²) in [5.41, 5.74) is 7.33. The molecule has 2 N–H and O–H groups in total. The minimum absolute atomic E-state index is 0.401. The van der Waals surface area contributed by atoms with Crippen LogP contribution >= 0.6 is 11.8 Å². The molecule has 17 heavy (non-hydrogen) atoms. The monoisotopic (exact) mass is 245 g/mol. The number of thioether (sulfide) groups is 1. The minimum atomic E-state index is 0.401. The Morgan fingerprint density at radius 1 is 1.47 bits per heavy atom. The molecule has 0 bridgehead atoms. The molecule has 5 nitrogen and oxygen atoms in total. The molecule has 0 aliphatic heterocycles. The van der Waals surface area contributed by atoms with Crippen LogP contribution in [0, 0.1) is 11.3 Å². The lowest BCUT2D eigenvalue weighted by molar-refractivity contribution is 0.796. The van der Waals surface area contributed by atoms with Crippen LogP contribution < -0.4 is 5.73 Å². The highest BCUT2D eigenvalue weighted by Gasteiger charge is 2.06. The van der Waals surface area contributed by atoms with Crippen molar-refractivity contribution in [2.75, 3.05) is 5.73 Å². The van der Waals surface area contributed by atoms with E-state index >= 15 is 0 Å². The number of rotatable bonds is 3. The van der Waals surface area contributed by atoms with E-state index in [9.17, 15) is 0 Å². The van der Waals surface area contributed by atoms with Gasteiger partial charge in [0.15, 0.2) is 5.16 Å². The van der Waals surface area contributed by atoms with Crippen LogP contribution in [0.5, 0.6) is 0 Å². The first-order valence-corrected chi connectivity index (χ1v) is 5.96. The Bertz CT molecular complexity index is 569. The second-order valence-electron chi connectivity index (χ2n) is 3.50. The summed E-state index contributed by atoms with van der Waals surface area (Å²) >= 11 is 1.54. The molecule has 0 amide bonds. The molecule has 2 aromatic rings. The van der Waals surface area contributed by atoms with Gasteiger partial charge in [0.25, 0.3) is 0 Å². The van der Waals surface area contributed by atoms with Gasteiger partial charge in [0.05, 0.1) is 11.6 Å². The molecule has 0 radical (unpaired) electrons. The van der Waals surface area contributed by atoms with Gasteiger partial charge < -0.3 is 5.73 Å². The summed E-state index contributed by atoms with van der Waals surface area (Å²) in [6.07, 6.45) is 0. The number of nitrogen functional groups attached to an aromatic ring is 1. The van der Waals surface area contributed by atoms with Crippen LogP contribution in [0.3, 0.4) is 0 Å². The highest BCUT2D eigenvalue weighted by molar-refractivity contribution is 7.98. The lowest BCUT2D eigenvalue weighted by Crippen LogP contribution is -1.98. The molecule has 0 aliphatic rings. The third kappa shape index (κ3) is 2.57. The maximum Gasteiger partial charge on any atom is 0.222 e. The van der Waals surface area contributed by atoms with Crippen molar-refractivity contribution < 1.29 is 0 Å². The quantitative estimate of drug-likeness (QED) is 0.830. The Balaban J connectivity index is 2.07. The molecule has 0 saturated heterocycles. The summed E-state index contributed by atoms with van der Waals surface area (Å²) in [6.45, 7) is 0. The lowest BCUT2D eigenvalue weighted by Gasteiger charge is -2.02. The van der Waals surface area contributed by atoms with Crippen molar-refractivity contribution in [2.24, 2.45) is 7.05 Å². The first-order valence-electron chi connectivity index (χ1n) is 4.97. The summed E-state index contributed by atoms with van der Waals surface area (Å²) in [4.78, 5) is 0. The Morgan fingerprint density at radius 2 is 2.29 bits per heavy atom. The smallest absolute Gasteiger partial charge is 0.222 e. The van der Waals surface area contributed by atoms with E-state index < -0.39 is 0 Å². The zero-order valence-corrected chi connectivity index (χ0v) is 10.1. The highest BCUT2D eigenvalue weighted by Crippen LogP contribution is 2.21. The second-order valence-corrected chi connectivity index (χ2v) is 4.44. The molecule has 2 rings (SSSR count). The van der Waals surface area contributed by atoms with Crippen molar-refractivity contribution in [3.8, 4) is 6.07 Å². The van der Waals surface area contributed by atoms with Crippen LogP contribution in [0.1, 0.15) is 11.1 Å². The second kappa shape index (κ2) is 4.89. The van der Waals surface area contributed by atoms with Crippen LogP contribution in [0.15, 0.2) is 29.4 Å². The molecule has 1 aromatic carbocycles. The van der Waals surface area contributed by atoms with Gasteiger partial charge in [-0.05, 0) is 17.7 Å². The van der Waals surface area contributed by atoms with E-state index in [4.69, 9.17) is 11.0 Å². The summed E-state index contributed by atoms with van der Waals surface area (Å²) in [7, 11) is 1.82. The first-order chi connectivity index (χ1) is 8.20. The number of hydrogen-bond donors (Lipinski definition) is 1. The van der Waals surface area contributed by atoms with E-state index in [-0.39, 0.29) is 0 Å². The Labute approximate surface area is 103 Å². The van der Waals surface area contributed by atoms with Crippen molar-refractivity contribution in [2.45, 2.75) is 10.9 Å². The van der Waals surface area contributed by atoms with E-state index in [2.05, 4.69) is 16.3 Å². The predicted octanol–water partition coefficient (Wildman–Crippen LogP) is 1.56.